The Kier molecular flexibility index (Phi) is 5.33. The summed E-state index contributed by atoms with van der Waals surface area (Å²) in [6.45, 7) is 1.07. The number of carboxylic acid groups (broad SMARTS) is 1. The largest absolute Gasteiger partial charge is 0.481 e. The van der Waals surface area contributed by atoms with Gasteiger partial charge in [-0.3, -0.25) is 14.9 Å². The van der Waals surface area contributed by atoms with Gasteiger partial charge in [0.25, 0.3) is 5.69 Å². The number of nitro benzene ring substituents is 1. The van der Waals surface area contributed by atoms with Crippen molar-refractivity contribution in [1.82, 2.24) is 4.31 Å². The Balaban J connectivity index is 3.28. The third kappa shape index (κ3) is 3.95. The van der Waals surface area contributed by atoms with Gasteiger partial charge in [-0.1, -0.05) is 6.92 Å². The van der Waals surface area contributed by atoms with Gasteiger partial charge in [-0.25, -0.2) is 12.8 Å². The highest BCUT2D eigenvalue weighted by Gasteiger charge is 2.31. The minimum atomic E-state index is -4.28. The van der Waals surface area contributed by atoms with E-state index in [1.165, 1.54) is 6.92 Å². The number of benzene rings is 1. The van der Waals surface area contributed by atoms with Gasteiger partial charge in [-0.2, -0.15) is 4.31 Å². The predicted octanol–water partition coefficient (Wildman–Crippen LogP) is 1.22. The zero-order valence-corrected chi connectivity index (χ0v) is 11.8. The van der Waals surface area contributed by atoms with Crippen molar-refractivity contribution in [2.45, 2.75) is 18.2 Å². The minimum absolute atomic E-state index is 0.0653. The maximum absolute atomic E-state index is 13.0. The number of halogens is 1. The van der Waals surface area contributed by atoms with Crippen LogP contribution in [0, 0.1) is 15.9 Å². The molecule has 0 aliphatic rings. The maximum atomic E-state index is 13.0. The highest BCUT2D eigenvalue weighted by atomic mass is 32.2. The van der Waals surface area contributed by atoms with E-state index in [9.17, 15) is 27.7 Å². The molecule has 10 heteroatoms. The van der Waals surface area contributed by atoms with Crippen LogP contribution >= 0.6 is 0 Å². The first-order chi connectivity index (χ1) is 9.70. The molecule has 0 amide bonds. The molecule has 0 aliphatic carbocycles. The molecule has 0 fully saturated rings. The molecule has 0 saturated carbocycles. The van der Waals surface area contributed by atoms with Crippen LogP contribution in [0.5, 0.6) is 0 Å². The summed E-state index contributed by atoms with van der Waals surface area (Å²) in [5.74, 6) is -2.13. The first-order valence-electron chi connectivity index (χ1n) is 5.86. The van der Waals surface area contributed by atoms with Gasteiger partial charge in [0.05, 0.1) is 17.4 Å². The SMILES string of the molecule is CCN(CCC(=O)O)S(=O)(=O)c1ccc(F)cc1[N+](=O)[O-]. The number of nitrogens with zero attached hydrogens (tertiary/aromatic N) is 2. The molecule has 0 aromatic heterocycles. The first kappa shape index (κ1) is 17.0. The van der Waals surface area contributed by atoms with Crippen LogP contribution in [0.2, 0.25) is 0 Å². The lowest BCUT2D eigenvalue weighted by molar-refractivity contribution is -0.388. The molecule has 0 heterocycles. The molecule has 1 aromatic rings. The second-order valence-corrected chi connectivity index (χ2v) is 5.92. The Morgan fingerprint density at radius 3 is 2.57 bits per heavy atom. The highest BCUT2D eigenvalue weighted by Crippen LogP contribution is 2.27. The lowest BCUT2D eigenvalue weighted by atomic mass is 10.3. The van der Waals surface area contributed by atoms with Crippen molar-refractivity contribution >= 4 is 21.7 Å². The maximum Gasteiger partial charge on any atom is 0.304 e. The number of carboxylic acids is 1. The van der Waals surface area contributed by atoms with E-state index in [0.29, 0.717) is 6.07 Å². The summed E-state index contributed by atoms with van der Waals surface area (Å²) in [5, 5.41) is 19.5. The van der Waals surface area contributed by atoms with Crippen LogP contribution in [0.1, 0.15) is 13.3 Å². The van der Waals surface area contributed by atoms with Crippen molar-refractivity contribution in [3.05, 3.63) is 34.1 Å². The second kappa shape index (κ2) is 6.59. The first-order valence-corrected chi connectivity index (χ1v) is 7.30. The quantitative estimate of drug-likeness (QED) is 0.596. The molecule has 1 N–H and O–H groups in total. The number of aliphatic carboxylic acids is 1. The fraction of sp³-hybridized carbons (Fsp3) is 0.364. The number of hydrogen-bond acceptors (Lipinski definition) is 5. The smallest absolute Gasteiger partial charge is 0.304 e. The molecule has 0 atom stereocenters. The Morgan fingerprint density at radius 1 is 1.48 bits per heavy atom. The van der Waals surface area contributed by atoms with Crippen molar-refractivity contribution in [1.29, 1.82) is 0 Å². The summed E-state index contributed by atoms with van der Waals surface area (Å²) in [6.07, 6.45) is -0.442. The standard InChI is InChI=1S/C11H13FN2O6S/c1-2-13(6-5-11(15)16)21(19,20)10-4-3-8(12)7-9(10)14(17)18/h3-4,7H,2,5-6H2,1H3,(H,15,16). The molecule has 21 heavy (non-hydrogen) atoms. The lowest BCUT2D eigenvalue weighted by Gasteiger charge is -2.19. The lowest BCUT2D eigenvalue weighted by Crippen LogP contribution is -2.33. The van der Waals surface area contributed by atoms with Crippen LogP contribution in [-0.2, 0) is 14.8 Å². The summed E-state index contributed by atoms with van der Waals surface area (Å²) in [5.41, 5.74) is -0.885. The van der Waals surface area contributed by atoms with Gasteiger partial charge in [0.2, 0.25) is 10.0 Å². The normalized spacial score (nSPS) is 11.6. The van der Waals surface area contributed by atoms with Gasteiger partial charge >= 0.3 is 5.97 Å². The average molecular weight is 320 g/mol. The molecule has 0 bridgehead atoms. The van der Waals surface area contributed by atoms with E-state index in [0.717, 1.165) is 16.4 Å². The molecule has 1 rings (SSSR count). The summed E-state index contributed by atoms with van der Waals surface area (Å²) in [4.78, 5) is 19.7. The van der Waals surface area contributed by atoms with Gasteiger partial charge in [0.15, 0.2) is 4.90 Å². The van der Waals surface area contributed by atoms with Crippen LogP contribution < -0.4 is 0 Å². The molecule has 116 valence electrons. The molecule has 0 unspecified atom stereocenters. The van der Waals surface area contributed by atoms with E-state index >= 15 is 0 Å². The number of sulfonamides is 1. The molecular formula is C11H13FN2O6S. The van der Waals surface area contributed by atoms with E-state index in [-0.39, 0.29) is 13.1 Å². The topological polar surface area (TPSA) is 118 Å². The van der Waals surface area contributed by atoms with E-state index in [1.807, 2.05) is 0 Å². The highest BCUT2D eigenvalue weighted by molar-refractivity contribution is 7.89. The Bertz CT molecular complexity index is 661. The number of carbonyl (C=O) groups is 1. The number of rotatable bonds is 7. The van der Waals surface area contributed by atoms with Gasteiger partial charge in [0, 0.05) is 13.1 Å². The molecule has 0 radical (unpaired) electrons. The zero-order valence-electron chi connectivity index (χ0n) is 11.0. The number of hydrogen-bond donors (Lipinski definition) is 1. The van der Waals surface area contributed by atoms with Crippen LogP contribution in [0.25, 0.3) is 0 Å². The van der Waals surface area contributed by atoms with E-state index in [1.54, 1.807) is 0 Å². The fourth-order valence-electron chi connectivity index (χ4n) is 1.66. The monoisotopic (exact) mass is 320 g/mol. The Labute approximate surface area is 120 Å². The fourth-order valence-corrected chi connectivity index (χ4v) is 3.25. The average Bonchev–Trinajstić information content (AvgIpc) is 2.38. The third-order valence-electron chi connectivity index (χ3n) is 2.66. The van der Waals surface area contributed by atoms with Gasteiger partial charge in [-0.15, -0.1) is 0 Å². The summed E-state index contributed by atoms with van der Waals surface area (Å²) < 4.78 is 38.5. The van der Waals surface area contributed by atoms with Crippen molar-refractivity contribution in [2.75, 3.05) is 13.1 Å². The van der Waals surface area contributed by atoms with Gasteiger partial charge in [-0.05, 0) is 12.1 Å². The summed E-state index contributed by atoms with van der Waals surface area (Å²) in [7, 11) is -4.28. The van der Waals surface area contributed by atoms with E-state index in [4.69, 9.17) is 5.11 Å². The van der Waals surface area contributed by atoms with Gasteiger partial charge in [0.1, 0.15) is 5.82 Å². The minimum Gasteiger partial charge on any atom is -0.481 e. The number of nitro groups is 1. The van der Waals surface area contributed by atoms with Crippen molar-refractivity contribution < 1.29 is 27.6 Å². The van der Waals surface area contributed by atoms with Crippen molar-refractivity contribution in [2.24, 2.45) is 0 Å². The molecule has 0 saturated heterocycles. The summed E-state index contributed by atoms with van der Waals surface area (Å²) in [6, 6.07) is 2.11. The van der Waals surface area contributed by atoms with Crippen LogP contribution in [0.4, 0.5) is 10.1 Å². The van der Waals surface area contributed by atoms with Crippen molar-refractivity contribution in [3.8, 4) is 0 Å². The molecule has 1 aromatic carbocycles. The molecular weight excluding hydrogens is 307 g/mol. The zero-order chi connectivity index (χ0) is 16.2. The third-order valence-corrected chi connectivity index (χ3v) is 4.68. The van der Waals surface area contributed by atoms with Crippen LogP contribution in [0.15, 0.2) is 23.1 Å². The summed E-state index contributed by atoms with van der Waals surface area (Å²) >= 11 is 0. The second-order valence-electron chi connectivity index (χ2n) is 4.01. The Hall–Kier alpha value is -2.07. The Morgan fingerprint density at radius 2 is 2.10 bits per heavy atom. The van der Waals surface area contributed by atoms with E-state index in [2.05, 4.69) is 0 Å². The van der Waals surface area contributed by atoms with E-state index < -0.39 is 43.7 Å². The van der Waals surface area contributed by atoms with Gasteiger partial charge < -0.3 is 5.11 Å². The van der Waals surface area contributed by atoms with Crippen LogP contribution in [-0.4, -0.2) is 41.8 Å². The molecule has 0 aliphatic heterocycles. The van der Waals surface area contributed by atoms with Crippen molar-refractivity contribution in [3.63, 3.8) is 0 Å². The molecule has 8 nitrogen and oxygen atoms in total. The van der Waals surface area contributed by atoms with Crippen LogP contribution in [0.3, 0.4) is 0 Å². The predicted molar refractivity (Wildman–Crippen MR) is 69.7 cm³/mol. The molecule has 0 spiro atoms.